The van der Waals surface area contributed by atoms with E-state index in [0.29, 0.717) is 0 Å². The molecule has 1 rings (SSSR count). The van der Waals surface area contributed by atoms with E-state index >= 15 is 0 Å². The zero-order chi connectivity index (χ0) is 6.69. The second-order valence-electron chi connectivity index (χ2n) is 2.01. The van der Waals surface area contributed by atoms with Crippen LogP contribution < -0.4 is 0 Å². The second-order valence-corrected chi connectivity index (χ2v) is 2.01. The molecule has 0 unspecified atom stereocenters. The Balaban J connectivity index is 3.12. The van der Waals surface area contributed by atoms with Crippen LogP contribution in [0.25, 0.3) is 0 Å². The monoisotopic (exact) mass is 114 g/mol. The van der Waals surface area contributed by atoms with Crippen molar-refractivity contribution < 1.29 is 0 Å². The van der Waals surface area contributed by atoms with Crippen LogP contribution in [0.5, 0.6) is 0 Å². The maximum absolute atomic E-state index is 5.17. The molecule has 0 atom stereocenters. The van der Waals surface area contributed by atoms with E-state index in [1.54, 1.807) is 0 Å². The van der Waals surface area contributed by atoms with E-state index in [-0.39, 0.29) is 0 Å². The van der Waals surface area contributed by atoms with Gasteiger partial charge in [0.2, 0.25) is 0 Å². The SMILES string of the molecule is B#Cc1cccc(C)c1. The third kappa shape index (κ3) is 1.48. The summed E-state index contributed by atoms with van der Waals surface area (Å²) >= 11 is 0. The van der Waals surface area contributed by atoms with Gasteiger partial charge in [0.05, 0.1) is 0 Å². The van der Waals surface area contributed by atoms with Crippen molar-refractivity contribution in [2.24, 2.45) is 0 Å². The van der Waals surface area contributed by atoms with Gasteiger partial charge in [0, 0.05) is 0 Å². The molecule has 1 heteroatoms. The van der Waals surface area contributed by atoms with Gasteiger partial charge in [-0.05, 0) is 0 Å². The van der Waals surface area contributed by atoms with Gasteiger partial charge in [-0.3, -0.25) is 0 Å². The van der Waals surface area contributed by atoms with Crippen molar-refractivity contribution in [1.29, 1.82) is 0 Å². The summed E-state index contributed by atoms with van der Waals surface area (Å²) in [6, 6.07) is 7.90. The second kappa shape index (κ2) is 2.57. The Morgan fingerprint density at radius 3 is 2.67 bits per heavy atom. The molecule has 0 aliphatic carbocycles. The van der Waals surface area contributed by atoms with Crippen LogP contribution in [0.1, 0.15) is 11.1 Å². The minimum atomic E-state index is 0.954. The van der Waals surface area contributed by atoms with Crippen molar-refractivity contribution in [3.05, 3.63) is 35.4 Å². The van der Waals surface area contributed by atoms with Gasteiger partial charge >= 0.3 is 55.4 Å². The fourth-order valence-electron chi connectivity index (χ4n) is 0.735. The molecule has 0 fully saturated rings. The zero-order valence-corrected chi connectivity index (χ0v) is 5.39. The first-order valence-electron chi connectivity index (χ1n) is 2.86. The average Bonchev–Trinajstić information content (AvgIpc) is 1.88. The summed E-state index contributed by atoms with van der Waals surface area (Å²) in [5.74, 6) is 2.57. The van der Waals surface area contributed by atoms with Gasteiger partial charge < -0.3 is 0 Å². The van der Waals surface area contributed by atoms with Gasteiger partial charge in [-0.2, -0.15) is 0 Å². The molecule has 1 aromatic rings. The van der Waals surface area contributed by atoms with E-state index in [0.717, 1.165) is 5.56 Å². The van der Waals surface area contributed by atoms with E-state index < -0.39 is 0 Å². The third-order valence-electron chi connectivity index (χ3n) is 1.18. The van der Waals surface area contributed by atoms with E-state index in [1.807, 2.05) is 31.2 Å². The Labute approximate surface area is 56.3 Å². The Bertz CT molecular complexity index is 245. The van der Waals surface area contributed by atoms with Gasteiger partial charge in [0.25, 0.3) is 0 Å². The third-order valence-corrected chi connectivity index (χ3v) is 1.18. The molecule has 0 heterocycles. The van der Waals surface area contributed by atoms with Crippen LogP contribution in [0, 0.1) is 12.7 Å². The molecule has 0 aliphatic heterocycles. The summed E-state index contributed by atoms with van der Waals surface area (Å²) in [5, 5.41) is 0. The summed E-state index contributed by atoms with van der Waals surface area (Å²) in [5.41, 5.74) is 2.17. The van der Waals surface area contributed by atoms with E-state index in [1.165, 1.54) is 5.56 Å². The van der Waals surface area contributed by atoms with Crippen molar-refractivity contribution in [3.8, 4) is 5.80 Å². The molecule has 0 N–H and O–H groups in total. The van der Waals surface area contributed by atoms with Crippen molar-refractivity contribution in [3.63, 3.8) is 0 Å². The first-order valence-corrected chi connectivity index (χ1v) is 2.86. The Morgan fingerprint density at radius 2 is 2.22 bits per heavy atom. The number of rotatable bonds is 0. The van der Waals surface area contributed by atoms with Crippen LogP contribution in [0.15, 0.2) is 24.3 Å². The van der Waals surface area contributed by atoms with E-state index in [9.17, 15) is 0 Å². The van der Waals surface area contributed by atoms with Gasteiger partial charge in [-0.25, -0.2) is 0 Å². The molecular weight excluding hydrogens is 107 g/mol. The normalized spacial score (nSPS) is 8.78. The molecule has 0 amide bonds. The quantitative estimate of drug-likeness (QED) is 0.448. The Morgan fingerprint density at radius 1 is 1.44 bits per heavy atom. The van der Waals surface area contributed by atoms with Gasteiger partial charge in [0.15, 0.2) is 0 Å². The number of hydrogen-bond acceptors (Lipinski definition) is 0. The van der Waals surface area contributed by atoms with Gasteiger partial charge in [-0.15, -0.1) is 0 Å². The molecule has 0 radical (unpaired) electrons. The van der Waals surface area contributed by atoms with Crippen molar-refractivity contribution >= 4 is 7.33 Å². The number of hydrogen-bond donors (Lipinski definition) is 0. The molecule has 0 aromatic heterocycles. The van der Waals surface area contributed by atoms with E-state index in [2.05, 4.69) is 5.80 Å². The van der Waals surface area contributed by atoms with Gasteiger partial charge in [-0.1, -0.05) is 0 Å². The average molecular weight is 114 g/mol. The zero-order valence-electron chi connectivity index (χ0n) is 5.39. The predicted molar refractivity (Wildman–Crippen MR) is 39.9 cm³/mol. The molecule has 0 saturated heterocycles. The molecule has 9 heavy (non-hydrogen) atoms. The summed E-state index contributed by atoms with van der Waals surface area (Å²) in [4.78, 5) is 0. The molecule has 1 aromatic carbocycles. The molecule has 0 saturated carbocycles. The van der Waals surface area contributed by atoms with Crippen LogP contribution in [0.4, 0.5) is 0 Å². The molecule has 0 bridgehead atoms. The van der Waals surface area contributed by atoms with Gasteiger partial charge in [0.1, 0.15) is 0 Å². The summed E-state index contributed by atoms with van der Waals surface area (Å²) in [7, 11) is 5.17. The first kappa shape index (κ1) is 6.19. The summed E-state index contributed by atoms with van der Waals surface area (Å²) < 4.78 is 0. The van der Waals surface area contributed by atoms with Crippen LogP contribution in [0.3, 0.4) is 0 Å². The molecule has 0 aliphatic rings. The Hall–Kier alpha value is -0.935. The van der Waals surface area contributed by atoms with Crippen molar-refractivity contribution in [1.82, 2.24) is 0 Å². The number of aryl methyl sites for hydroxylation is 1. The van der Waals surface area contributed by atoms with Crippen LogP contribution in [-0.2, 0) is 0 Å². The van der Waals surface area contributed by atoms with Crippen LogP contribution in [0.2, 0.25) is 0 Å². The minimum absolute atomic E-state index is 0.954. The topological polar surface area (TPSA) is 0 Å². The predicted octanol–water partition coefficient (Wildman–Crippen LogP) is 1.47. The van der Waals surface area contributed by atoms with Crippen LogP contribution >= 0.6 is 0 Å². The standard InChI is InChI=1S/C8H7B/c1-7-3-2-4-8(5-7)6-9/h2-5H,1H3. The number of benzene rings is 1. The fraction of sp³-hybridized carbons (Fsp3) is 0.125. The fourth-order valence-corrected chi connectivity index (χ4v) is 0.735. The summed E-state index contributed by atoms with van der Waals surface area (Å²) in [6.07, 6.45) is 0. The molecule has 0 nitrogen and oxygen atoms in total. The van der Waals surface area contributed by atoms with Crippen molar-refractivity contribution in [2.75, 3.05) is 0 Å². The van der Waals surface area contributed by atoms with Crippen LogP contribution in [-0.4, -0.2) is 7.33 Å². The Kier molecular flexibility index (Phi) is 1.76. The maximum atomic E-state index is 5.17. The molecule has 42 valence electrons. The first-order chi connectivity index (χ1) is 4.33. The molecule has 0 spiro atoms. The van der Waals surface area contributed by atoms with Crippen molar-refractivity contribution in [2.45, 2.75) is 6.92 Å². The molecular formula is C8H7B. The van der Waals surface area contributed by atoms with E-state index in [4.69, 9.17) is 7.33 Å². The summed E-state index contributed by atoms with van der Waals surface area (Å²) in [6.45, 7) is 2.03.